The third-order valence-corrected chi connectivity index (χ3v) is 4.89. The second-order valence-corrected chi connectivity index (χ2v) is 6.66. The van der Waals surface area contributed by atoms with Gasteiger partial charge >= 0.3 is 0 Å². The second-order valence-electron chi connectivity index (χ2n) is 6.66. The van der Waals surface area contributed by atoms with E-state index >= 15 is 0 Å². The van der Waals surface area contributed by atoms with Crippen LogP contribution >= 0.6 is 0 Å². The SMILES string of the molecule is COc1cc(C(=O)N2CCC(c3ncncc3C)CC2)ccc1OCCN. The topological polar surface area (TPSA) is 90.6 Å². The first-order chi connectivity index (χ1) is 13.1. The van der Waals surface area contributed by atoms with E-state index < -0.39 is 0 Å². The number of carbonyl (C=O) groups is 1. The molecule has 1 aromatic carbocycles. The van der Waals surface area contributed by atoms with Gasteiger partial charge in [-0.25, -0.2) is 9.97 Å². The molecule has 2 aromatic rings. The van der Waals surface area contributed by atoms with Crippen molar-refractivity contribution in [3.63, 3.8) is 0 Å². The quantitative estimate of drug-likeness (QED) is 0.838. The van der Waals surface area contributed by atoms with Crippen LogP contribution in [0.2, 0.25) is 0 Å². The summed E-state index contributed by atoms with van der Waals surface area (Å²) < 4.78 is 10.9. The molecular weight excluding hydrogens is 344 g/mol. The zero-order valence-corrected chi connectivity index (χ0v) is 15.9. The van der Waals surface area contributed by atoms with Crippen LogP contribution in [0, 0.1) is 6.92 Å². The van der Waals surface area contributed by atoms with E-state index in [1.54, 1.807) is 31.6 Å². The van der Waals surface area contributed by atoms with Crippen LogP contribution in [0.1, 0.15) is 40.4 Å². The summed E-state index contributed by atoms with van der Waals surface area (Å²) in [6.07, 6.45) is 5.25. The van der Waals surface area contributed by atoms with Crippen molar-refractivity contribution >= 4 is 5.91 Å². The molecule has 0 atom stereocenters. The van der Waals surface area contributed by atoms with Gasteiger partial charge in [-0.05, 0) is 43.5 Å². The molecule has 1 aromatic heterocycles. The Kier molecular flexibility index (Phi) is 6.24. The highest BCUT2D eigenvalue weighted by molar-refractivity contribution is 5.95. The summed E-state index contributed by atoms with van der Waals surface area (Å²) in [6, 6.07) is 5.27. The normalized spacial score (nSPS) is 14.9. The van der Waals surface area contributed by atoms with E-state index in [0.717, 1.165) is 24.1 Å². The number of carbonyl (C=O) groups excluding carboxylic acids is 1. The van der Waals surface area contributed by atoms with E-state index in [1.165, 1.54) is 0 Å². The van der Waals surface area contributed by atoms with Crippen LogP contribution in [-0.2, 0) is 0 Å². The number of rotatable bonds is 6. The number of amides is 1. The molecule has 0 spiro atoms. The minimum atomic E-state index is 0.0107. The van der Waals surface area contributed by atoms with Gasteiger partial charge in [-0.2, -0.15) is 0 Å². The van der Waals surface area contributed by atoms with Crippen LogP contribution in [0.4, 0.5) is 0 Å². The van der Waals surface area contributed by atoms with Crippen molar-refractivity contribution in [3.8, 4) is 11.5 Å². The molecule has 1 saturated heterocycles. The second kappa shape index (κ2) is 8.81. The highest BCUT2D eigenvalue weighted by atomic mass is 16.5. The highest BCUT2D eigenvalue weighted by Gasteiger charge is 2.26. The Labute approximate surface area is 159 Å². The number of piperidine rings is 1. The van der Waals surface area contributed by atoms with Crippen LogP contribution in [-0.4, -0.2) is 54.1 Å². The first-order valence-corrected chi connectivity index (χ1v) is 9.20. The van der Waals surface area contributed by atoms with Crippen LogP contribution in [0.25, 0.3) is 0 Å². The number of nitrogens with zero attached hydrogens (tertiary/aromatic N) is 3. The smallest absolute Gasteiger partial charge is 0.253 e. The zero-order valence-electron chi connectivity index (χ0n) is 15.9. The molecule has 2 N–H and O–H groups in total. The average molecular weight is 370 g/mol. The molecule has 2 heterocycles. The number of ether oxygens (including phenoxy) is 2. The molecular formula is C20H26N4O3. The molecule has 7 heteroatoms. The Hall–Kier alpha value is -2.67. The molecule has 0 bridgehead atoms. The van der Waals surface area contributed by atoms with Gasteiger partial charge in [0, 0.05) is 43.0 Å². The van der Waals surface area contributed by atoms with Crippen molar-refractivity contribution in [2.75, 3.05) is 33.4 Å². The van der Waals surface area contributed by atoms with E-state index in [0.29, 0.717) is 49.2 Å². The summed E-state index contributed by atoms with van der Waals surface area (Å²) >= 11 is 0. The van der Waals surface area contributed by atoms with Crippen molar-refractivity contribution in [2.24, 2.45) is 5.73 Å². The number of aryl methyl sites for hydroxylation is 1. The van der Waals surface area contributed by atoms with Crippen molar-refractivity contribution < 1.29 is 14.3 Å². The largest absolute Gasteiger partial charge is 0.493 e. The van der Waals surface area contributed by atoms with Gasteiger partial charge < -0.3 is 20.1 Å². The first kappa shape index (κ1) is 19.1. The Morgan fingerprint density at radius 3 is 2.74 bits per heavy atom. The van der Waals surface area contributed by atoms with Crippen LogP contribution < -0.4 is 15.2 Å². The lowest BCUT2D eigenvalue weighted by atomic mass is 9.91. The van der Waals surface area contributed by atoms with Gasteiger partial charge in [-0.15, -0.1) is 0 Å². The Balaban J connectivity index is 1.66. The Morgan fingerprint density at radius 1 is 1.30 bits per heavy atom. The van der Waals surface area contributed by atoms with E-state index in [2.05, 4.69) is 9.97 Å². The average Bonchev–Trinajstić information content (AvgIpc) is 2.72. The van der Waals surface area contributed by atoms with Crippen molar-refractivity contribution in [1.82, 2.24) is 14.9 Å². The minimum Gasteiger partial charge on any atom is -0.493 e. The van der Waals surface area contributed by atoms with Crippen LogP contribution in [0.15, 0.2) is 30.7 Å². The predicted molar refractivity (Wildman–Crippen MR) is 102 cm³/mol. The number of likely N-dealkylation sites (tertiary alicyclic amines) is 1. The lowest BCUT2D eigenvalue weighted by Gasteiger charge is -2.32. The van der Waals surface area contributed by atoms with Crippen LogP contribution in [0.3, 0.4) is 0 Å². The maximum Gasteiger partial charge on any atom is 0.253 e. The third kappa shape index (κ3) is 4.36. The predicted octanol–water partition coefficient (Wildman–Crippen LogP) is 2.15. The summed E-state index contributed by atoms with van der Waals surface area (Å²) in [5, 5.41) is 0. The Bertz CT molecular complexity index is 789. The number of hydrogen-bond acceptors (Lipinski definition) is 6. The molecule has 27 heavy (non-hydrogen) atoms. The summed E-state index contributed by atoms with van der Waals surface area (Å²) in [5.74, 6) is 1.52. The summed E-state index contributed by atoms with van der Waals surface area (Å²) in [7, 11) is 1.56. The third-order valence-electron chi connectivity index (χ3n) is 4.89. The molecule has 1 fully saturated rings. The highest BCUT2D eigenvalue weighted by Crippen LogP contribution is 2.31. The maximum atomic E-state index is 12.9. The maximum absolute atomic E-state index is 12.9. The van der Waals surface area contributed by atoms with Crippen molar-refractivity contribution in [2.45, 2.75) is 25.7 Å². The fraction of sp³-hybridized carbons (Fsp3) is 0.450. The van der Waals surface area contributed by atoms with E-state index in [1.807, 2.05) is 18.0 Å². The van der Waals surface area contributed by atoms with E-state index in [9.17, 15) is 4.79 Å². The number of aromatic nitrogens is 2. The van der Waals surface area contributed by atoms with E-state index in [-0.39, 0.29) is 5.91 Å². The standard InChI is InChI=1S/C20H26N4O3/c1-14-12-22-13-23-19(14)15-5-8-24(9-6-15)20(25)16-3-4-17(27-10-7-21)18(11-16)26-2/h3-4,11-13,15H,5-10,21H2,1-2H3. The van der Waals surface area contributed by atoms with E-state index in [4.69, 9.17) is 15.2 Å². The summed E-state index contributed by atoms with van der Waals surface area (Å²) in [4.78, 5) is 23.3. The van der Waals surface area contributed by atoms with Crippen LogP contribution in [0.5, 0.6) is 11.5 Å². The molecule has 1 aliphatic heterocycles. The van der Waals surface area contributed by atoms with Gasteiger partial charge in [0.2, 0.25) is 0 Å². The first-order valence-electron chi connectivity index (χ1n) is 9.20. The Morgan fingerprint density at radius 2 is 2.07 bits per heavy atom. The molecule has 0 radical (unpaired) electrons. The molecule has 1 amide bonds. The number of hydrogen-bond donors (Lipinski definition) is 1. The molecule has 0 saturated carbocycles. The molecule has 7 nitrogen and oxygen atoms in total. The number of nitrogens with two attached hydrogens (primary N) is 1. The lowest BCUT2D eigenvalue weighted by molar-refractivity contribution is 0.0711. The monoisotopic (exact) mass is 370 g/mol. The fourth-order valence-corrected chi connectivity index (χ4v) is 3.46. The molecule has 144 valence electrons. The van der Waals surface area contributed by atoms with Gasteiger partial charge in [0.1, 0.15) is 12.9 Å². The van der Waals surface area contributed by atoms with Gasteiger partial charge in [0.15, 0.2) is 11.5 Å². The molecule has 0 aliphatic carbocycles. The molecule has 1 aliphatic rings. The zero-order chi connectivity index (χ0) is 19.2. The lowest BCUT2D eigenvalue weighted by Crippen LogP contribution is -2.38. The number of methoxy groups -OCH3 is 1. The molecule has 0 unspecified atom stereocenters. The summed E-state index contributed by atoms with van der Waals surface area (Å²) in [6.45, 7) is 4.28. The van der Waals surface area contributed by atoms with Crippen molar-refractivity contribution in [1.29, 1.82) is 0 Å². The van der Waals surface area contributed by atoms with Gasteiger partial charge in [0.05, 0.1) is 7.11 Å². The van der Waals surface area contributed by atoms with Gasteiger partial charge in [-0.1, -0.05) is 0 Å². The van der Waals surface area contributed by atoms with Gasteiger partial charge in [-0.3, -0.25) is 4.79 Å². The summed E-state index contributed by atoms with van der Waals surface area (Å²) in [5.41, 5.74) is 8.28. The fourth-order valence-electron chi connectivity index (χ4n) is 3.46. The molecule has 3 rings (SSSR count). The van der Waals surface area contributed by atoms with Gasteiger partial charge in [0.25, 0.3) is 5.91 Å². The number of benzene rings is 1. The van der Waals surface area contributed by atoms with Crippen molar-refractivity contribution in [3.05, 3.63) is 47.5 Å². The minimum absolute atomic E-state index is 0.0107.